The molecule has 1 saturated heterocycles. The molecule has 33 heavy (non-hydrogen) atoms. The first-order valence-electron chi connectivity index (χ1n) is 11.2. The van der Waals surface area contributed by atoms with E-state index in [-0.39, 0.29) is 6.04 Å². The zero-order valence-electron chi connectivity index (χ0n) is 19.1. The van der Waals surface area contributed by atoms with Crippen molar-refractivity contribution in [3.05, 3.63) is 81.9 Å². The molecule has 0 radical (unpaired) electrons. The van der Waals surface area contributed by atoms with E-state index in [9.17, 15) is 0 Å². The predicted octanol–water partition coefficient (Wildman–Crippen LogP) is 5.72. The van der Waals surface area contributed by atoms with Gasteiger partial charge in [0.25, 0.3) is 0 Å². The van der Waals surface area contributed by atoms with Gasteiger partial charge < -0.3 is 19.0 Å². The maximum atomic E-state index is 6.35. The Kier molecular flexibility index (Phi) is 5.85. The average Bonchev–Trinajstić information content (AvgIpc) is 3.24. The molecule has 2 aromatic carbocycles. The number of piperidine rings is 1. The third kappa shape index (κ3) is 4.35. The van der Waals surface area contributed by atoms with Crippen molar-refractivity contribution in [1.29, 1.82) is 0 Å². The van der Waals surface area contributed by atoms with Crippen LogP contribution in [0.3, 0.4) is 0 Å². The lowest BCUT2D eigenvalue weighted by Gasteiger charge is -2.40. The lowest BCUT2D eigenvalue weighted by atomic mass is 9.95. The van der Waals surface area contributed by atoms with Crippen LogP contribution < -0.4 is 4.74 Å². The van der Waals surface area contributed by atoms with Gasteiger partial charge in [0.15, 0.2) is 5.84 Å². The lowest BCUT2D eigenvalue weighted by Crippen LogP contribution is -2.44. The molecule has 170 valence electrons. The number of aromatic nitrogens is 2. The molecule has 5 rings (SSSR count). The van der Waals surface area contributed by atoms with Gasteiger partial charge >= 0.3 is 0 Å². The maximum Gasteiger partial charge on any atom is 0.172 e. The van der Waals surface area contributed by atoms with Crippen molar-refractivity contribution < 1.29 is 9.57 Å². The van der Waals surface area contributed by atoms with Crippen LogP contribution in [-0.4, -0.2) is 40.5 Å². The monoisotopic (exact) mass is 462 g/mol. The highest BCUT2D eigenvalue weighted by atomic mass is 35.5. The molecule has 1 fully saturated rings. The van der Waals surface area contributed by atoms with Crippen LogP contribution in [0.5, 0.6) is 5.75 Å². The Bertz CT molecular complexity index is 1230. The van der Waals surface area contributed by atoms with Crippen molar-refractivity contribution in [2.24, 2.45) is 5.16 Å². The van der Waals surface area contributed by atoms with Crippen LogP contribution in [0, 0.1) is 13.8 Å². The molecule has 0 unspecified atom stereocenters. The standard InChI is InChI=1S/C26H27ClN4O2/c1-17-9-21(13-22(27)10-17)24-15-33-29-26-20(5-4-8-31(24)26)11-19-6-7-23(25(12-19)32-3)30-14-18(2)28-16-30/h6-7,9-14,16,24H,4-5,8,15H2,1-3H3/b20-11+/t24-/m0/s1. The molecule has 1 atom stereocenters. The molecule has 3 heterocycles. The zero-order valence-corrected chi connectivity index (χ0v) is 19.8. The van der Waals surface area contributed by atoms with Crippen molar-refractivity contribution in [3.63, 3.8) is 0 Å². The Morgan fingerprint density at radius 3 is 2.82 bits per heavy atom. The second-order valence-corrected chi connectivity index (χ2v) is 9.04. The quantitative estimate of drug-likeness (QED) is 0.498. The van der Waals surface area contributed by atoms with E-state index in [0.717, 1.165) is 69.6 Å². The van der Waals surface area contributed by atoms with E-state index in [4.69, 9.17) is 21.2 Å². The number of benzene rings is 2. The highest BCUT2D eigenvalue weighted by Crippen LogP contribution is 2.34. The van der Waals surface area contributed by atoms with Crippen LogP contribution in [0.25, 0.3) is 11.8 Å². The van der Waals surface area contributed by atoms with E-state index in [1.807, 2.05) is 29.8 Å². The number of hydrogen-bond acceptors (Lipinski definition) is 5. The number of amidine groups is 1. The number of imidazole rings is 1. The number of oxime groups is 1. The molecule has 6 nitrogen and oxygen atoms in total. The summed E-state index contributed by atoms with van der Waals surface area (Å²) in [7, 11) is 1.69. The molecule has 3 aromatic rings. The molecule has 0 saturated carbocycles. The van der Waals surface area contributed by atoms with E-state index < -0.39 is 0 Å². The second-order valence-electron chi connectivity index (χ2n) is 8.61. The van der Waals surface area contributed by atoms with Gasteiger partial charge in [-0.2, -0.15) is 0 Å². The maximum absolute atomic E-state index is 6.35. The minimum Gasteiger partial charge on any atom is -0.495 e. The smallest absolute Gasteiger partial charge is 0.172 e. The summed E-state index contributed by atoms with van der Waals surface area (Å²) >= 11 is 6.35. The van der Waals surface area contributed by atoms with Crippen molar-refractivity contribution >= 4 is 23.5 Å². The molecular weight excluding hydrogens is 436 g/mol. The number of aryl methyl sites for hydroxylation is 2. The van der Waals surface area contributed by atoms with Gasteiger partial charge in [-0.15, -0.1) is 0 Å². The molecule has 0 bridgehead atoms. The second kappa shape index (κ2) is 8.94. The fourth-order valence-electron chi connectivity index (χ4n) is 4.64. The molecule has 1 aromatic heterocycles. The van der Waals surface area contributed by atoms with E-state index in [1.165, 1.54) is 0 Å². The number of fused-ring (bicyclic) bond motifs is 1. The number of hydrogen-bond donors (Lipinski definition) is 0. The summed E-state index contributed by atoms with van der Waals surface area (Å²) in [5.41, 5.74) is 6.46. The number of rotatable bonds is 4. The molecular formula is C26H27ClN4O2. The summed E-state index contributed by atoms with van der Waals surface area (Å²) in [6.07, 6.45) is 7.98. The fraction of sp³-hybridized carbons (Fsp3) is 0.308. The number of halogens is 1. The Hall–Kier alpha value is -3.25. The molecule has 0 spiro atoms. The Balaban J connectivity index is 1.46. The van der Waals surface area contributed by atoms with Crippen LogP contribution in [0.4, 0.5) is 0 Å². The van der Waals surface area contributed by atoms with Crippen molar-refractivity contribution in [2.75, 3.05) is 20.3 Å². The molecule has 2 aliphatic rings. The highest BCUT2D eigenvalue weighted by Gasteiger charge is 2.33. The third-order valence-corrected chi connectivity index (χ3v) is 6.37. The summed E-state index contributed by atoms with van der Waals surface area (Å²) in [5.74, 6) is 1.70. The minimum atomic E-state index is 0.0972. The Morgan fingerprint density at radius 2 is 2.06 bits per heavy atom. The number of methoxy groups -OCH3 is 1. The molecule has 0 aliphatic carbocycles. The summed E-state index contributed by atoms with van der Waals surface area (Å²) in [4.78, 5) is 12.4. The summed E-state index contributed by atoms with van der Waals surface area (Å²) in [6.45, 7) is 5.50. The van der Waals surface area contributed by atoms with Crippen LogP contribution in [0.15, 0.2) is 59.7 Å². The van der Waals surface area contributed by atoms with Gasteiger partial charge in [0.05, 0.1) is 30.9 Å². The predicted molar refractivity (Wildman–Crippen MR) is 131 cm³/mol. The van der Waals surface area contributed by atoms with Crippen LogP contribution in [0.1, 0.15) is 41.3 Å². The lowest BCUT2D eigenvalue weighted by molar-refractivity contribution is 0.0575. The van der Waals surface area contributed by atoms with Crippen molar-refractivity contribution in [2.45, 2.75) is 32.7 Å². The first-order chi connectivity index (χ1) is 16.0. The molecule has 2 aliphatic heterocycles. The SMILES string of the molecule is COc1cc(/C=C2\CCCN3C2=NOC[C@H]3c2cc(C)cc(Cl)c2)ccc1-n1cnc(C)c1. The van der Waals surface area contributed by atoms with E-state index in [0.29, 0.717) is 6.61 Å². The van der Waals surface area contributed by atoms with E-state index in [2.05, 4.69) is 52.3 Å². The summed E-state index contributed by atoms with van der Waals surface area (Å²) < 4.78 is 7.66. The Labute approximate surface area is 199 Å². The van der Waals surface area contributed by atoms with Crippen molar-refractivity contribution in [3.8, 4) is 11.4 Å². The van der Waals surface area contributed by atoms with Gasteiger partial charge in [0.2, 0.25) is 0 Å². The van der Waals surface area contributed by atoms with E-state index >= 15 is 0 Å². The fourth-order valence-corrected chi connectivity index (χ4v) is 4.93. The highest BCUT2D eigenvalue weighted by molar-refractivity contribution is 6.30. The van der Waals surface area contributed by atoms with Gasteiger partial charge in [-0.1, -0.05) is 28.9 Å². The molecule has 0 amide bonds. The van der Waals surface area contributed by atoms with Crippen LogP contribution in [0.2, 0.25) is 5.02 Å². The normalized spacial score (nSPS) is 19.2. The van der Waals surface area contributed by atoms with Crippen LogP contribution in [-0.2, 0) is 4.84 Å². The van der Waals surface area contributed by atoms with E-state index in [1.54, 1.807) is 13.4 Å². The van der Waals surface area contributed by atoms with Crippen LogP contribution >= 0.6 is 11.6 Å². The van der Waals surface area contributed by atoms with Gasteiger partial charge in [-0.25, -0.2) is 4.98 Å². The first-order valence-corrected chi connectivity index (χ1v) is 11.5. The third-order valence-electron chi connectivity index (χ3n) is 6.15. The molecule has 7 heteroatoms. The number of ether oxygens (including phenoxy) is 1. The first kappa shape index (κ1) is 21.6. The van der Waals surface area contributed by atoms with Crippen molar-refractivity contribution in [1.82, 2.24) is 14.5 Å². The summed E-state index contributed by atoms with van der Waals surface area (Å²) in [5, 5.41) is 5.21. The van der Waals surface area contributed by atoms with Gasteiger partial charge in [0.1, 0.15) is 12.4 Å². The number of nitrogens with zero attached hydrogens (tertiary/aromatic N) is 4. The topological polar surface area (TPSA) is 51.9 Å². The minimum absolute atomic E-state index is 0.0972. The summed E-state index contributed by atoms with van der Waals surface area (Å²) in [6, 6.07) is 12.5. The molecule has 0 N–H and O–H groups in total. The largest absolute Gasteiger partial charge is 0.495 e. The Morgan fingerprint density at radius 1 is 1.18 bits per heavy atom. The van der Waals surface area contributed by atoms with Gasteiger partial charge in [0, 0.05) is 17.8 Å². The zero-order chi connectivity index (χ0) is 22.9. The van der Waals surface area contributed by atoms with Gasteiger partial charge in [-0.3, -0.25) is 0 Å². The van der Waals surface area contributed by atoms with Gasteiger partial charge in [-0.05, 0) is 79.3 Å². The average molecular weight is 463 g/mol.